The third-order valence-corrected chi connectivity index (χ3v) is 3.86. The number of H-pyrrole nitrogens is 1. The molecule has 2 rings (SSSR count). The van der Waals surface area contributed by atoms with Crippen molar-refractivity contribution in [3.05, 3.63) is 38.6 Å². The molecule has 0 fully saturated rings. The summed E-state index contributed by atoms with van der Waals surface area (Å²) in [6, 6.07) is 5.35. The molecule has 0 atom stereocenters. The molecule has 2 N–H and O–H groups in total. The van der Waals surface area contributed by atoms with E-state index < -0.39 is 0 Å². The lowest BCUT2D eigenvalue weighted by atomic mass is 10.1. The summed E-state index contributed by atoms with van der Waals surface area (Å²) in [5, 5.41) is 11.2. The number of fused-ring (bicyclic) bond motifs is 1. The molecule has 22 heavy (non-hydrogen) atoms. The second-order valence-corrected chi connectivity index (χ2v) is 6.37. The monoisotopic (exact) mass is 365 g/mol. The molecular formula is C16H20BrN3O2. The Balaban J connectivity index is 2.20. The lowest BCUT2D eigenvalue weighted by molar-refractivity contribution is 0.396. The van der Waals surface area contributed by atoms with Gasteiger partial charge in [0.2, 0.25) is 5.88 Å². The van der Waals surface area contributed by atoms with E-state index in [2.05, 4.69) is 30.8 Å². The van der Waals surface area contributed by atoms with Gasteiger partial charge in [-0.2, -0.15) is 0 Å². The van der Waals surface area contributed by atoms with Gasteiger partial charge in [0.1, 0.15) is 0 Å². The molecular weight excluding hydrogens is 346 g/mol. The first-order chi connectivity index (χ1) is 10.5. The van der Waals surface area contributed by atoms with Crippen LogP contribution >= 0.6 is 15.9 Å². The number of nitrogens with zero attached hydrogens (tertiary/aromatic N) is 2. The molecule has 1 aromatic heterocycles. The van der Waals surface area contributed by atoms with Crippen LogP contribution in [0.5, 0.6) is 5.88 Å². The molecule has 0 spiro atoms. The normalized spacial score (nSPS) is 11.8. The Morgan fingerprint density at radius 1 is 1.32 bits per heavy atom. The van der Waals surface area contributed by atoms with Crippen LogP contribution in [0.4, 0.5) is 0 Å². The summed E-state index contributed by atoms with van der Waals surface area (Å²) in [7, 11) is 4.09. The van der Waals surface area contributed by atoms with Gasteiger partial charge in [-0.15, -0.1) is 0 Å². The predicted octanol–water partition coefficient (Wildman–Crippen LogP) is 2.76. The summed E-state index contributed by atoms with van der Waals surface area (Å²) in [6.07, 6.45) is 3.70. The van der Waals surface area contributed by atoms with E-state index in [-0.39, 0.29) is 11.4 Å². The maximum absolute atomic E-state index is 11.9. The molecule has 0 unspecified atom stereocenters. The Kier molecular flexibility index (Phi) is 5.74. The first-order valence-corrected chi connectivity index (χ1v) is 7.97. The molecule has 2 aromatic rings. The number of halogens is 1. The lowest BCUT2D eigenvalue weighted by Gasteiger charge is -2.07. The number of aromatic amines is 1. The molecule has 0 saturated heterocycles. The number of aromatic hydroxyl groups is 1. The van der Waals surface area contributed by atoms with Gasteiger partial charge in [-0.1, -0.05) is 15.9 Å². The third kappa shape index (κ3) is 4.18. The first kappa shape index (κ1) is 16.7. The summed E-state index contributed by atoms with van der Waals surface area (Å²) in [4.78, 5) is 20.8. The second-order valence-electron chi connectivity index (χ2n) is 5.45. The molecule has 0 bridgehead atoms. The fraction of sp³-hybridized carbons (Fsp3) is 0.375. The fourth-order valence-electron chi connectivity index (χ4n) is 2.22. The van der Waals surface area contributed by atoms with Gasteiger partial charge in [0, 0.05) is 28.0 Å². The number of hydrogen-bond donors (Lipinski definition) is 2. The Labute approximate surface area is 137 Å². The minimum absolute atomic E-state index is 0.146. The van der Waals surface area contributed by atoms with Crippen molar-refractivity contribution in [3.63, 3.8) is 0 Å². The largest absolute Gasteiger partial charge is 0.494 e. The second kappa shape index (κ2) is 7.56. The van der Waals surface area contributed by atoms with Crippen molar-refractivity contribution in [1.29, 1.82) is 0 Å². The van der Waals surface area contributed by atoms with Crippen LogP contribution in [0, 0.1) is 0 Å². The topological polar surface area (TPSA) is 68.7 Å². The van der Waals surface area contributed by atoms with Gasteiger partial charge >= 0.3 is 0 Å². The first-order valence-electron chi connectivity index (χ1n) is 7.18. The molecule has 1 heterocycles. The van der Waals surface area contributed by atoms with Crippen molar-refractivity contribution < 1.29 is 5.11 Å². The van der Waals surface area contributed by atoms with Gasteiger partial charge in [0.25, 0.3) is 5.56 Å². The fourth-order valence-corrected chi connectivity index (χ4v) is 2.59. The maximum atomic E-state index is 11.9. The highest BCUT2D eigenvalue weighted by atomic mass is 79.9. The van der Waals surface area contributed by atoms with Crippen LogP contribution in [0.1, 0.15) is 18.4 Å². The van der Waals surface area contributed by atoms with Gasteiger partial charge in [0.15, 0.2) is 0 Å². The molecule has 0 aliphatic heterocycles. The van der Waals surface area contributed by atoms with Crippen molar-refractivity contribution in [2.75, 3.05) is 27.2 Å². The van der Waals surface area contributed by atoms with E-state index in [1.54, 1.807) is 18.3 Å². The predicted molar refractivity (Wildman–Crippen MR) is 94.2 cm³/mol. The van der Waals surface area contributed by atoms with E-state index >= 15 is 0 Å². The summed E-state index contributed by atoms with van der Waals surface area (Å²) in [5.41, 5.74) is 0.242. The summed E-state index contributed by atoms with van der Waals surface area (Å²) < 4.78 is 0.852. The molecule has 0 saturated carbocycles. The van der Waals surface area contributed by atoms with Gasteiger partial charge in [-0.25, -0.2) is 0 Å². The Morgan fingerprint density at radius 2 is 2.09 bits per heavy atom. The van der Waals surface area contributed by atoms with E-state index in [4.69, 9.17) is 0 Å². The zero-order valence-electron chi connectivity index (χ0n) is 12.8. The van der Waals surface area contributed by atoms with Crippen molar-refractivity contribution in [2.24, 2.45) is 4.99 Å². The summed E-state index contributed by atoms with van der Waals surface area (Å²) >= 11 is 3.39. The van der Waals surface area contributed by atoms with Gasteiger partial charge < -0.3 is 10.0 Å². The number of benzene rings is 1. The molecule has 0 aliphatic rings. The SMILES string of the molecule is CN(C)CCCCN=Cc1c(O)[nH]c(=O)c2ccc(Br)cc12. The number of rotatable bonds is 6. The van der Waals surface area contributed by atoms with E-state index in [1.165, 1.54) is 0 Å². The standard InChI is InChI=1S/C16H20BrN3O2/c1-20(2)8-4-3-7-18-10-14-13-9-11(17)5-6-12(13)15(21)19-16(14)22/h5-6,9-10H,3-4,7-8H2,1-2H3,(H2,19,21,22). The number of aliphatic imine (C=N–C) groups is 1. The van der Waals surface area contributed by atoms with E-state index in [1.807, 2.05) is 20.2 Å². The molecule has 6 heteroatoms. The lowest BCUT2D eigenvalue weighted by Crippen LogP contribution is -2.12. The van der Waals surface area contributed by atoms with Crippen LogP contribution in [0.3, 0.4) is 0 Å². The molecule has 1 aromatic carbocycles. The summed E-state index contributed by atoms with van der Waals surface area (Å²) in [5.74, 6) is -0.146. The van der Waals surface area contributed by atoms with Crippen LogP contribution < -0.4 is 5.56 Å². The Bertz CT molecular complexity index is 738. The Hall–Kier alpha value is -1.66. The third-order valence-electron chi connectivity index (χ3n) is 3.37. The average Bonchev–Trinajstić information content (AvgIpc) is 2.44. The van der Waals surface area contributed by atoms with Crippen LogP contribution in [0.2, 0.25) is 0 Å². The minimum Gasteiger partial charge on any atom is -0.494 e. The van der Waals surface area contributed by atoms with E-state index in [9.17, 15) is 9.90 Å². The molecule has 0 amide bonds. The smallest absolute Gasteiger partial charge is 0.258 e. The highest BCUT2D eigenvalue weighted by Crippen LogP contribution is 2.24. The quantitative estimate of drug-likeness (QED) is 0.610. The van der Waals surface area contributed by atoms with Gasteiger partial charge in [-0.3, -0.25) is 14.8 Å². The molecule has 0 aliphatic carbocycles. The van der Waals surface area contributed by atoms with Crippen molar-refractivity contribution in [2.45, 2.75) is 12.8 Å². The van der Waals surface area contributed by atoms with Gasteiger partial charge in [-0.05, 0) is 51.7 Å². The number of unbranched alkanes of at least 4 members (excludes halogenated alkanes) is 1. The van der Waals surface area contributed by atoms with Crippen molar-refractivity contribution in [3.8, 4) is 5.88 Å². The highest BCUT2D eigenvalue weighted by molar-refractivity contribution is 9.10. The minimum atomic E-state index is -0.303. The zero-order valence-corrected chi connectivity index (χ0v) is 14.4. The summed E-state index contributed by atoms with van der Waals surface area (Å²) in [6.45, 7) is 1.73. The van der Waals surface area contributed by atoms with Crippen molar-refractivity contribution in [1.82, 2.24) is 9.88 Å². The van der Waals surface area contributed by atoms with Crippen LogP contribution in [-0.4, -0.2) is 48.4 Å². The van der Waals surface area contributed by atoms with E-state index in [0.29, 0.717) is 22.9 Å². The number of pyridine rings is 1. The number of hydrogen-bond acceptors (Lipinski definition) is 4. The number of nitrogens with one attached hydrogen (secondary N) is 1. The highest BCUT2D eigenvalue weighted by Gasteiger charge is 2.09. The van der Waals surface area contributed by atoms with Crippen LogP contribution in [0.15, 0.2) is 32.5 Å². The molecule has 118 valence electrons. The van der Waals surface area contributed by atoms with Crippen LogP contribution in [0.25, 0.3) is 10.8 Å². The Morgan fingerprint density at radius 3 is 2.82 bits per heavy atom. The van der Waals surface area contributed by atoms with Crippen molar-refractivity contribution >= 4 is 32.9 Å². The zero-order chi connectivity index (χ0) is 16.1. The molecule has 0 radical (unpaired) electrons. The van der Waals surface area contributed by atoms with E-state index in [0.717, 1.165) is 23.9 Å². The van der Waals surface area contributed by atoms with Crippen LogP contribution in [-0.2, 0) is 0 Å². The maximum Gasteiger partial charge on any atom is 0.258 e. The number of aromatic nitrogens is 1. The van der Waals surface area contributed by atoms with Gasteiger partial charge in [0.05, 0.1) is 5.56 Å². The molecule has 5 nitrogen and oxygen atoms in total. The average molecular weight is 366 g/mol.